The van der Waals surface area contributed by atoms with Crippen molar-refractivity contribution in [2.45, 2.75) is 19.4 Å². The smallest absolute Gasteiger partial charge is 0.273 e. The quantitative estimate of drug-likeness (QED) is 0.174. The fraction of sp³-hybridized carbons (Fsp3) is 0.267. The van der Waals surface area contributed by atoms with Crippen molar-refractivity contribution in [2.75, 3.05) is 33.4 Å². The molecule has 0 atom stereocenters. The molecule has 3 N–H and O–H groups in total. The van der Waals surface area contributed by atoms with Crippen LogP contribution in [0.15, 0.2) is 71.5 Å². The van der Waals surface area contributed by atoms with E-state index in [9.17, 15) is 9.18 Å². The largest absolute Gasteiger partial charge is 0.491 e. The lowest BCUT2D eigenvalue weighted by molar-refractivity contribution is 0.0945. The molecule has 0 aliphatic heterocycles. The highest BCUT2D eigenvalue weighted by atomic mass is 19.1. The molecule has 0 saturated heterocycles. The first-order chi connectivity index (χ1) is 20.1. The van der Waals surface area contributed by atoms with Gasteiger partial charge in [-0.3, -0.25) is 9.78 Å². The summed E-state index contributed by atoms with van der Waals surface area (Å²) in [6, 6.07) is 16.9. The zero-order chi connectivity index (χ0) is 28.4. The SMILES string of the molecule is COCCOc1ccccc1-c1ccc2[nH]c(CCNCCc3nc(C(=O)NCc4ncccc4F)co3)nc2c1. The van der Waals surface area contributed by atoms with Crippen molar-refractivity contribution in [3.05, 3.63) is 96.0 Å². The number of para-hydroxylation sites is 1. The molecule has 1 amide bonds. The lowest BCUT2D eigenvalue weighted by Crippen LogP contribution is -2.24. The molecule has 0 aliphatic carbocycles. The van der Waals surface area contributed by atoms with Crippen LogP contribution in [0.2, 0.25) is 0 Å². The molecular formula is C30H31FN6O4. The van der Waals surface area contributed by atoms with Crippen molar-refractivity contribution < 1.29 is 23.1 Å². The van der Waals surface area contributed by atoms with Gasteiger partial charge in [0.2, 0.25) is 0 Å². The third-order valence-electron chi connectivity index (χ3n) is 6.36. The first-order valence-corrected chi connectivity index (χ1v) is 13.3. The van der Waals surface area contributed by atoms with Crippen LogP contribution in [0.1, 0.15) is 27.9 Å². The average molecular weight is 559 g/mol. The highest BCUT2D eigenvalue weighted by Crippen LogP contribution is 2.31. The number of aromatic nitrogens is 4. The van der Waals surface area contributed by atoms with E-state index in [1.54, 1.807) is 7.11 Å². The van der Waals surface area contributed by atoms with Gasteiger partial charge < -0.3 is 29.5 Å². The minimum Gasteiger partial charge on any atom is -0.491 e. The second-order valence-corrected chi connectivity index (χ2v) is 9.24. The molecule has 0 spiro atoms. The Morgan fingerprint density at radius 2 is 1.93 bits per heavy atom. The summed E-state index contributed by atoms with van der Waals surface area (Å²) >= 11 is 0. The fourth-order valence-corrected chi connectivity index (χ4v) is 4.27. The number of ether oxygens (including phenoxy) is 2. The van der Waals surface area contributed by atoms with Crippen LogP contribution in [0, 0.1) is 5.82 Å². The van der Waals surface area contributed by atoms with E-state index < -0.39 is 11.7 Å². The topological polar surface area (TPSA) is 127 Å². The van der Waals surface area contributed by atoms with Crippen molar-refractivity contribution >= 4 is 16.9 Å². The fourth-order valence-electron chi connectivity index (χ4n) is 4.27. The summed E-state index contributed by atoms with van der Waals surface area (Å²) in [5, 5.41) is 5.95. The lowest BCUT2D eigenvalue weighted by Gasteiger charge is -2.11. The number of halogens is 1. The van der Waals surface area contributed by atoms with E-state index >= 15 is 0 Å². The summed E-state index contributed by atoms with van der Waals surface area (Å²) in [5.74, 6) is 1.20. The maximum absolute atomic E-state index is 13.7. The van der Waals surface area contributed by atoms with E-state index in [0.717, 1.165) is 33.7 Å². The van der Waals surface area contributed by atoms with Gasteiger partial charge in [0.05, 0.1) is 29.9 Å². The number of hydrogen-bond acceptors (Lipinski definition) is 8. The molecule has 0 radical (unpaired) electrons. The summed E-state index contributed by atoms with van der Waals surface area (Å²) < 4.78 is 30.1. The van der Waals surface area contributed by atoms with Gasteiger partial charge in [0.15, 0.2) is 11.6 Å². The molecular weight excluding hydrogens is 527 g/mol. The number of fused-ring (bicyclic) bond motifs is 1. The van der Waals surface area contributed by atoms with Crippen molar-refractivity contribution in [1.82, 2.24) is 30.6 Å². The molecule has 3 heterocycles. The molecule has 0 fully saturated rings. The van der Waals surface area contributed by atoms with Crippen LogP contribution >= 0.6 is 0 Å². The maximum Gasteiger partial charge on any atom is 0.273 e. The number of benzene rings is 2. The number of hydrogen-bond donors (Lipinski definition) is 3. The second kappa shape index (κ2) is 13.6. The molecule has 2 aromatic carbocycles. The van der Waals surface area contributed by atoms with Gasteiger partial charge in [-0.15, -0.1) is 0 Å². The van der Waals surface area contributed by atoms with Gasteiger partial charge >= 0.3 is 0 Å². The number of imidazole rings is 1. The molecule has 212 valence electrons. The minimum absolute atomic E-state index is 0.0328. The Balaban J connectivity index is 1.08. The van der Waals surface area contributed by atoms with Crippen LogP contribution in [-0.2, 0) is 24.1 Å². The summed E-state index contributed by atoms with van der Waals surface area (Å²) in [5.41, 5.74) is 4.20. The number of aromatic amines is 1. The Morgan fingerprint density at radius 3 is 2.80 bits per heavy atom. The monoisotopic (exact) mass is 558 g/mol. The Hall–Kier alpha value is -4.61. The molecule has 0 saturated carbocycles. The molecule has 11 heteroatoms. The molecule has 41 heavy (non-hydrogen) atoms. The van der Waals surface area contributed by atoms with Gasteiger partial charge in [0.25, 0.3) is 5.91 Å². The summed E-state index contributed by atoms with van der Waals surface area (Å²) in [7, 11) is 1.65. The lowest BCUT2D eigenvalue weighted by atomic mass is 10.0. The first kappa shape index (κ1) is 27.9. The summed E-state index contributed by atoms with van der Waals surface area (Å²) in [6.45, 7) is 2.29. The summed E-state index contributed by atoms with van der Waals surface area (Å²) in [6.07, 6.45) is 3.99. The Morgan fingerprint density at radius 1 is 1.05 bits per heavy atom. The molecule has 0 unspecified atom stereocenters. The molecule has 3 aromatic heterocycles. The van der Waals surface area contributed by atoms with Crippen LogP contribution in [-0.4, -0.2) is 59.3 Å². The van der Waals surface area contributed by atoms with E-state index in [2.05, 4.69) is 37.7 Å². The highest BCUT2D eigenvalue weighted by molar-refractivity contribution is 5.91. The third kappa shape index (κ3) is 7.33. The van der Waals surface area contributed by atoms with Gasteiger partial charge in [-0.05, 0) is 35.9 Å². The second-order valence-electron chi connectivity index (χ2n) is 9.24. The van der Waals surface area contributed by atoms with Crippen molar-refractivity contribution in [1.29, 1.82) is 0 Å². The van der Waals surface area contributed by atoms with Gasteiger partial charge in [-0.1, -0.05) is 24.3 Å². The first-order valence-electron chi connectivity index (χ1n) is 13.3. The highest BCUT2D eigenvalue weighted by Gasteiger charge is 2.14. The maximum atomic E-state index is 13.7. The molecule has 5 aromatic rings. The molecule has 0 aliphatic rings. The predicted molar refractivity (Wildman–Crippen MR) is 151 cm³/mol. The van der Waals surface area contributed by atoms with Crippen LogP contribution in [0.3, 0.4) is 0 Å². The number of amides is 1. The van der Waals surface area contributed by atoms with Crippen molar-refractivity contribution in [3.63, 3.8) is 0 Å². The van der Waals surface area contributed by atoms with E-state index in [-0.39, 0.29) is 17.9 Å². The van der Waals surface area contributed by atoms with Crippen molar-refractivity contribution in [2.24, 2.45) is 0 Å². The van der Waals surface area contributed by atoms with E-state index in [0.29, 0.717) is 45.0 Å². The molecule has 5 rings (SSSR count). The Bertz CT molecular complexity index is 1600. The number of oxazole rings is 1. The van der Waals surface area contributed by atoms with Gasteiger partial charge in [0.1, 0.15) is 30.3 Å². The number of carbonyl (C=O) groups is 1. The third-order valence-corrected chi connectivity index (χ3v) is 6.36. The number of H-pyrrole nitrogens is 1. The zero-order valence-corrected chi connectivity index (χ0v) is 22.7. The van der Waals surface area contributed by atoms with Crippen molar-refractivity contribution in [3.8, 4) is 16.9 Å². The van der Waals surface area contributed by atoms with Crippen LogP contribution < -0.4 is 15.4 Å². The predicted octanol–water partition coefficient (Wildman–Crippen LogP) is 4.08. The van der Waals surface area contributed by atoms with Gasteiger partial charge in [-0.2, -0.15) is 0 Å². The average Bonchev–Trinajstić information content (AvgIpc) is 3.63. The number of pyridine rings is 1. The minimum atomic E-state index is -0.475. The Kier molecular flexibility index (Phi) is 9.30. The van der Waals surface area contributed by atoms with Gasteiger partial charge in [0, 0.05) is 44.8 Å². The Labute approximate surface area is 236 Å². The van der Waals surface area contributed by atoms with Gasteiger partial charge in [-0.25, -0.2) is 14.4 Å². The van der Waals surface area contributed by atoms with E-state index in [4.69, 9.17) is 18.9 Å². The number of nitrogens with one attached hydrogen (secondary N) is 3. The number of nitrogens with zero attached hydrogens (tertiary/aromatic N) is 3. The normalized spacial score (nSPS) is 11.2. The zero-order valence-electron chi connectivity index (χ0n) is 22.7. The van der Waals surface area contributed by atoms with Crippen LogP contribution in [0.25, 0.3) is 22.2 Å². The van der Waals surface area contributed by atoms with E-state index in [1.165, 1.54) is 24.6 Å². The number of rotatable bonds is 14. The van der Waals surface area contributed by atoms with Crippen LogP contribution in [0.4, 0.5) is 4.39 Å². The van der Waals surface area contributed by atoms with Crippen LogP contribution in [0.5, 0.6) is 5.75 Å². The van der Waals surface area contributed by atoms with E-state index in [1.807, 2.05) is 30.3 Å². The molecule has 10 nitrogen and oxygen atoms in total. The molecule has 0 bridgehead atoms. The number of methoxy groups -OCH3 is 1. The number of carbonyl (C=O) groups excluding carboxylic acids is 1. The standard InChI is InChI=1S/C30H31FN6O4/c1-39-15-16-40-27-7-3-2-5-21(27)20-8-9-23-24(17-20)36-28(35-23)10-13-32-14-11-29-37-26(19-41-29)30(38)34-18-25-22(31)6-4-12-33-25/h2-9,12,17,19,32H,10-11,13-16,18H2,1H3,(H,34,38)(H,35,36). The summed E-state index contributed by atoms with van der Waals surface area (Å²) in [4.78, 5) is 28.6.